The van der Waals surface area contributed by atoms with Crippen molar-refractivity contribution >= 4 is 17.6 Å². The fourth-order valence-corrected chi connectivity index (χ4v) is 3.48. The topological polar surface area (TPSA) is 93.3 Å². The molecule has 2 aromatic rings. The predicted octanol–water partition coefficient (Wildman–Crippen LogP) is 2.01. The van der Waals surface area contributed by atoms with Crippen molar-refractivity contribution in [2.75, 3.05) is 5.32 Å². The first-order chi connectivity index (χ1) is 12.0. The molecule has 132 valence electrons. The molecule has 1 aromatic heterocycles. The Morgan fingerprint density at radius 2 is 1.76 bits per heavy atom. The summed E-state index contributed by atoms with van der Waals surface area (Å²) in [6.45, 7) is 0. The van der Waals surface area contributed by atoms with Gasteiger partial charge in [-0.15, -0.1) is 0 Å². The third kappa shape index (κ3) is 3.35. The molecule has 1 fully saturated rings. The zero-order valence-corrected chi connectivity index (χ0v) is 14.0. The molecule has 2 N–H and O–H groups in total. The molecule has 1 aromatic carbocycles. The first kappa shape index (κ1) is 17.0. The van der Waals surface area contributed by atoms with Crippen LogP contribution in [0.4, 0.5) is 5.69 Å². The summed E-state index contributed by atoms with van der Waals surface area (Å²) in [6, 6.07) is 9.11. The Labute approximate surface area is 144 Å². The summed E-state index contributed by atoms with van der Waals surface area (Å²) in [4.78, 5) is 36.6. The Bertz CT molecular complexity index is 838. The van der Waals surface area contributed by atoms with E-state index in [9.17, 15) is 19.5 Å². The maximum atomic E-state index is 12.6. The van der Waals surface area contributed by atoms with Crippen LogP contribution >= 0.6 is 0 Å². The number of hydrogen-bond acceptors (Lipinski definition) is 3. The third-order valence-corrected chi connectivity index (χ3v) is 4.73. The van der Waals surface area contributed by atoms with Crippen LogP contribution in [0.15, 0.2) is 41.3 Å². The number of rotatable bonds is 4. The van der Waals surface area contributed by atoms with Gasteiger partial charge in [0.2, 0.25) is 5.91 Å². The first-order valence-corrected chi connectivity index (χ1v) is 8.37. The molecular weight excluding hydrogens is 322 g/mol. The van der Waals surface area contributed by atoms with E-state index in [4.69, 9.17) is 0 Å². The molecule has 1 amide bonds. The smallest absolute Gasteiger partial charge is 0.307 e. The molecule has 2 atom stereocenters. The second kappa shape index (κ2) is 6.96. The average Bonchev–Trinajstić information content (AvgIpc) is 2.89. The summed E-state index contributed by atoms with van der Waals surface area (Å²) in [6.07, 6.45) is 4.21. The maximum Gasteiger partial charge on any atom is 0.307 e. The number of carbonyl (C=O) groups excluding carboxylic acids is 1. The highest BCUT2D eigenvalue weighted by Gasteiger charge is 2.36. The van der Waals surface area contributed by atoms with Gasteiger partial charge in [0.15, 0.2) is 0 Å². The molecule has 0 saturated heterocycles. The molecule has 1 heterocycles. The van der Waals surface area contributed by atoms with E-state index in [1.165, 1.54) is 4.68 Å². The van der Waals surface area contributed by atoms with Crippen LogP contribution in [0, 0.1) is 11.8 Å². The van der Waals surface area contributed by atoms with Gasteiger partial charge in [-0.25, -0.2) is 4.68 Å². The molecule has 1 aliphatic rings. The van der Waals surface area contributed by atoms with Gasteiger partial charge >= 0.3 is 5.97 Å². The van der Waals surface area contributed by atoms with Crippen LogP contribution in [0.2, 0.25) is 0 Å². The molecule has 0 spiro atoms. The predicted molar refractivity (Wildman–Crippen MR) is 92.7 cm³/mol. The van der Waals surface area contributed by atoms with Gasteiger partial charge in [-0.2, -0.15) is 0 Å². The fourth-order valence-electron chi connectivity index (χ4n) is 3.48. The molecule has 1 saturated carbocycles. The van der Waals surface area contributed by atoms with Gasteiger partial charge in [-0.05, 0) is 25.0 Å². The van der Waals surface area contributed by atoms with Crippen LogP contribution in [0.1, 0.15) is 25.7 Å². The van der Waals surface area contributed by atoms with E-state index in [1.807, 2.05) is 18.2 Å². The SMILES string of the molecule is Cn1cc(NC(=O)[C@@H]2CCCC[C@@H]2C(=O)O)c(=O)n1-c1ccccc1. The molecular formula is C18H21N3O4. The minimum absolute atomic E-state index is 0.158. The van der Waals surface area contributed by atoms with Gasteiger partial charge in [-0.1, -0.05) is 31.0 Å². The van der Waals surface area contributed by atoms with Gasteiger partial charge in [0.25, 0.3) is 5.56 Å². The van der Waals surface area contributed by atoms with E-state index in [-0.39, 0.29) is 11.2 Å². The zero-order valence-electron chi connectivity index (χ0n) is 14.0. The number of aliphatic carboxylic acids is 1. The molecule has 0 unspecified atom stereocenters. The van der Waals surface area contributed by atoms with E-state index in [1.54, 1.807) is 30.1 Å². The molecule has 7 heteroatoms. The number of benzene rings is 1. The molecule has 3 rings (SSSR count). The number of nitrogens with zero attached hydrogens (tertiary/aromatic N) is 2. The van der Waals surface area contributed by atoms with Crippen LogP contribution in [0.25, 0.3) is 5.69 Å². The first-order valence-electron chi connectivity index (χ1n) is 8.37. The van der Waals surface area contributed by atoms with E-state index < -0.39 is 23.7 Å². The number of carbonyl (C=O) groups is 2. The fraction of sp³-hybridized carbons (Fsp3) is 0.389. The highest BCUT2D eigenvalue weighted by molar-refractivity contribution is 5.95. The lowest BCUT2D eigenvalue weighted by Gasteiger charge is -2.27. The molecule has 0 radical (unpaired) electrons. The van der Waals surface area contributed by atoms with Crippen LogP contribution < -0.4 is 10.9 Å². The van der Waals surface area contributed by atoms with Gasteiger partial charge in [-0.3, -0.25) is 19.1 Å². The number of nitrogens with one attached hydrogen (secondary N) is 1. The van der Waals surface area contributed by atoms with Crippen molar-refractivity contribution in [3.8, 4) is 5.69 Å². The maximum absolute atomic E-state index is 12.6. The Morgan fingerprint density at radius 3 is 2.40 bits per heavy atom. The van der Waals surface area contributed by atoms with Gasteiger partial charge in [0.1, 0.15) is 5.69 Å². The second-order valence-electron chi connectivity index (χ2n) is 6.39. The van der Waals surface area contributed by atoms with Crippen LogP contribution in [0.5, 0.6) is 0 Å². The van der Waals surface area contributed by atoms with E-state index in [0.29, 0.717) is 18.5 Å². The number of anilines is 1. The summed E-state index contributed by atoms with van der Waals surface area (Å²) < 4.78 is 3.05. The lowest BCUT2D eigenvalue weighted by molar-refractivity contribution is -0.147. The van der Waals surface area contributed by atoms with Crippen LogP contribution in [-0.2, 0) is 16.6 Å². The Hall–Kier alpha value is -2.83. The normalized spacial score (nSPS) is 20.2. The summed E-state index contributed by atoms with van der Waals surface area (Å²) >= 11 is 0. The molecule has 0 aliphatic heterocycles. The molecule has 25 heavy (non-hydrogen) atoms. The van der Waals surface area contributed by atoms with E-state index in [2.05, 4.69) is 5.32 Å². The van der Waals surface area contributed by atoms with Crippen LogP contribution in [0.3, 0.4) is 0 Å². The number of carboxylic acids is 1. The monoisotopic (exact) mass is 343 g/mol. The standard InChI is InChI=1S/C18H21N3O4/c1-20-11-15(17(23)21(20)12-7-3-2-4-8-12)19-16(22)13-9-5-6-10-14(13)18(24)25/h2-4,7-8,11,13-14H,5-6,9-10H2,1H3,(H,19,22)(H,24,25)/t13-,14+/m1/s1. The number of para-hydroxylation sites is 1. The number of aryl methyl sites for hydroxylation is 1. The van der Waals surface area contributed by atoms with Crippen molar-refractivity contribution in [1.82, 2.24) is 9.36 Å². The summed E-state index contributed by atoms with van der Waals surface area (Å²) in [5.74, 6) is -2.63. The Kier molecular flexibility index (Phi) is 4.74. The third-order valence-electron chi connectivity index (χ3n) is 4.73. The zero-order chi connectivity index (χ0) is 18.0. The largest absolute Gasteiger partial charge is 0.481 e. The minimum atomic E-state index is -0.949. The van der Waals surface area contributed by atoms with Gasteiger partial charge in [0.05, 0.1) is 23.7 Å². The highest BCUT2D eigenvalue weighted by atomic mass is 16.4. The number of hydrogen-bond donors (Lipinski definition) is 2. The summed E-state index contributed by atoms with van der Waals surface area (Å²) in [7, 11) is 1.71. The average molecular weight is 343 g/mol. The molecule has 1 aliphatic carbocycles. The lowest BCUT2D eigenvalue weighted by atomic mass is 9.78. The Morgan fingerprint density at radius 1 is 1.12 bits per heavy atom. The van der Waals surface area contributed by atoms with E-state index >= 15 is 0 Å². The quantitative estimate of drug-likeness (QED) is 0.888. The summed E-state index contributed by atoms with van der Waals surface area (Å²) in [5.41, 5.74) is 0.507. The van der Waals surface area contributed by atoms with E-state index in [0.717, 1.165) is 12.8 Å². The number of carboxylic acid groups (broad SMARTS) is 1. The minimum Gasteiger partial charge on any atom is -0.481 e. The van der Waals surface area contributed by atoms with Crippen molar-refractivity contribution in [1.29, 1.82) is 0 Å². The molecule has 0 bridgehead atoms. The van der Waals surface area contributed by atoms with Gasteiger partial charge < -0.3 is 10.4 Å². The van der Waals surface area contributed by atoms with Gasteiger partial charge in [0, 0.05) is 7.05 Å². The van der Waals surface area contributed by atoms with Crippen molar-refractivity contribution in [2.45, 2.75) is 25.7 Å². The summed E-state index contributed by atoms with van der Waals surface area (Å²) in [5, 5.41) is 12.0. The Balaban J connectivity index is 1.85. The molecule has 7 nitrogen and oxygen atoms in total. The number of amides is 1. The second-order valence-corrected chi connectivity index (χ2v) is 6.39. The number of aromatic nitrogens is 2. The van der Waals surface area contributed by atoms with Crippen molar-refractivity contribution in [3.63, 3.8) is 0 Å². The highest BCUT2D eigenvalue weighted by Crippen LogP contribution is 2.31. The lowest BCUT2D eigenvalue weighted by Crippen LogP contribution is -2.36. The van der Waals surface area contributed by atoms with Crippen LogP contribution in [-0.4, -0.2) is 26.3 Å². The van der Waals surface area contributed by atoms with Crippen molar-refractivity contribution in [2.24, 2.45) is 18.9 Å². The van der Waals surface area contributed by atoms with Crippen molar-refractivity contribution < 1.29 is 14.7 Å². The van der Waals surface area contributed by atoms with Crippen molar-refractivity contribution in [3.05, 3.63) is 46.9 Å².